The molecule has 3 heterocycles. The minimum absolute atomic E-state index is 0.158. The Morgan fingerprint density at radius 2 is 2.06 bits per heavy atom. The summed E-state index contributed by atoms with van der Waals surface area (Å²) in [6.45, 7) is 0. The Morgan fingerprint density at radius 3 is 2.90 bits per heavy atom. The van der Waals surface area contributed by atoms with E-state index >= 15 is 0 Å². The lowest BCUT2D eigenvalue weighted by molar-refractivity contribution is -0.119. The molecule has 1 unspecified atom stereocenters. The van der Waals surface area contributed by atoms with E-state index in [2.05, 4.69) is 10.5 Å². The normalized spacial score (nSPS) is 16.2. The molecule has 1 aliphatic heterocycles. The number of carbonyl (C=O) groups excluding carboxylic acids is 2. The van der Waals surface area contributed by atoms with Crippen molar-refractivity contribution < 1.29 is 18.5 Å². The van der Waals surface area contributed by atoms with Gasteiger partial charge in [0.1, 0.15) is 17.4 Å². The Kier molecular flexibility index (Phi) is 4.99. The first-order valence-electron chi connectivity index (χ1n) is 9.80. The van der Waals surface area contributed by atoms with Crippen LogP contribution in [0.1, 0.15) is 21.8 Å². The van der Waals surface area contributed by atoms with E-state index in [1.54, 1.807) is 24.3 Å². The second-order valence-electron chi connectivity index (χ2n) is 7.35. The van der Waals surface area contributed by atoms with Gasteiger partial charge in [-0.3, -0.25) is 9.59 Å². The van der Waals surface area contributed by atoms with Crippen LogP contribution in [0.2, 0.25) is 0 Å². The SMILES string of the molecule is CN1C(=O)C(NC(=O)c2cc(Cc3ccccc3)on2)CSc2cc3occc3cc21. The second kappa shape index (κ2) is 7.96. The lowest BCUT2D eigenvalue weighted by Gasteiger charge is -2.21. The number of fused-ring (bicyclic) bond motifs is 2. The van der Waals surface area contributed by atoms with Crippen molar-refractivity contribution in [3.05, 3.63) is 77.9 Å². The molecule has 7 nitrogen and oxygen atoms in total. The third kappa shape index (κ3) is 3.82. The van der Waals surface area contributed by atoms with Gasteiger partial charge in [0.25, 0.3) is 5.91 Å². The van der Waals surface area contributed by atoms with Crippen LogP contribution in [0.3, 0.4) is 0 Å². The summed E-state index contributed by atoms with van der Waals surface area (Å²) >= 11 is 1.51. The predicted molar refractivity (Wildman–Crippen MR) is 117 cm³/mol. The van der Waals surface area contributed by atoms with Crippen LogP contribution in [-0.4, -0.2) is 35.8 Å². The lowest BCUT2D eigenvalue weighted by atomic mass is 10.1. The quantitative estimate of drug-likeness (QED) is 0.526. The highest BCUT2D eigenvalue weighted by Gasteiger charge is 2.31. The molecular formula is C23H19N3O4S. The first-order valence-corrected chi connectivity index (χ1v) is 10.8. The van der Waals surface area contributed by atoms with Gasteiger partial charge in [0.2, 0.25) is 5.91 Å². The molecule has 2 aromatic carbocycles. The molecule has 31 heavy (non-hydrogen) atoms. The number of likely N-dealkylation sites (N-methyl/N-ethyl adjacent to an activating group) is 1. The predicted octanol–water partition coefficient (Wildman–Crippen LogP) is 3.88. The van der Waals surface area contributed by atoms with Crippen LogP contribution in [0.25, 0.3) is 11.0 Å². The van der Waals surface area contributed by atoms with Gasteiger partial charge in [0.05, 0.1) is 12.0 Å². The Morgan fingerprint density at radius 1 is 1.23 bits per heavy atom. The smallest absolute Gasteiger partial charge is 0.274 e. The van der Waals surface area contributed by atoms with E-state index in [-0.39, 0.29) is 11.6 Å². The van der Waals surface area contributed by atoms with Gasteiger partial charge >= 0.3 is 0 Å². The van der Waals surface area contributed by atoms with Crippen LogP contribution in [0.5, 0.6) is 0 Å². The van der Waals surface area contributed by atoms with Crippen LogP contribution in [0, 0.1) is 0 Å². The summed E-state index contributed by atoms with van der Waals surface area (Å²) < 4.78 is 10.8. The molecule has 1 N–H and O–H groups in total. The fourth-order valence-corrected chi connectivity index (χ4v) is 4.70. The molecule has 2 amide bonds. The van der Waals surface area contributed by atoms with Crippen LogP contribution in [0.4, 0.5) is 5.69 Å². The zero-order valence-electron chi connectivity index (χ0n) is 16.7. The van der Waals surface area contributed by atoms with Gasteiger partial charge in [-0.15, -0.1) is 11.8 Å². The summed E-state index contributed by atoms with van der Waals surface area (Å²) in [5, 5.41) is 7.62. The van der Waals surface area contributed by atoms with E-state index in [9.17, 15) is 9.59 Å². The average molecular weight is 433 g/mol. The Labute approximate surface area is 182 Å². The summed E-state index contributed by atoms with van der Waals surface area (Å²) in [7, 11) is 1.71. The molecule has 0 spiro atoms. The molecule has 0 saturated carbocycles. The van der Waals surface area contributed by atoms with E-state index < -0.39 is 11.9 Å². The average Bonchev–Trinajstić information content (AvgIpc) is 3.42. The molecule has 0 aliphatic carbocycles. The largest absolute Gasteiger partial charge is 0.464 e. The molecule has 1 aliphatic rings. The van der Waals surface area contributed by atoms with Gasteiger partial charge < -0.3 is 19.2 Å². The summed E-state index contributed by atoms with van der Waals surface area (Å²) in [5.41, 5.74) is 2.78. The van der Waals surface area contributed by atoms with Crippen molar-refractivity contribution in [3.8, 4) is 0 Å². The van der Waals surface area contributed by atoms with E-state index in [4.69, 9.17) is 8.94 Å². The van der Waals surface area contributed by atoms with Crippen molar-refractivity contribution in [1.29, 1.82) is 0 Å². The van der Waals surface area contributed by atoms with Gasteiger partial charge in [-0.1, -0.05) is 35.5 Å². The molecule has 0 saturated heterocycles. The number of rotatable bonds is 4. The second-order valence-corrected chi connectivity index (χ2v) is 8.42. The van der Waals surface area contributed by atoms with Crippen LogP contribution in [-0.2, 0) is 11.2 Å². The Bertz CT molecular complexity index is 1260. The topological polar surface area (TPSA) is 88.6 Å². The molecule has 0 bridgehead atoms. The molecule has 0 fully saturated rings. The number of nitrogens with zero attached hydrogens (tertiary/aromatic N) is 2. The number of thioether (sulfide) groups is 1. The molecule has 4 aromatic rings. The molecule has 1 atom stereocenters. The standard InChI is InChI=1S/C23H19N3O4S/c1-26-19-10-15-7-8-29-20(15)12-21(19)31-13-18(23(26)28)24-22(27)17-11-16(30-25-17)9-14-5-3-2-4-6-14/h2-8,10-12,18H,9,13H2,1H3,(H,24,27). The third-order valence-corrected chi connectivity index (χ3v) is 6.39. The monoisotopic (exact) mass is 433 g/mol. The van der Waals surface area contributed by atoms with Gasteiger partial charge in [0.15, 0.2) is 5.69 Å². The number of carbonyl (C=O) groups is 2. The van der Waals surface area contributed by atoms with Gasteiger partial charge in [-0.2, -0.15) is 0 Å². The Balaban J connectivity index is 1.31. The van der Waals surface area contributed by atoms with Gasteiger partial charge in [-0.25, -0.2) is 0 Å². The van der Waals surface area contributed by atoms with E-state index in [1.165, 1.54) is 11.8 Å². The maximum absolute atomic E-state index is 13.0. The number of furan rings is 1. The Hall–Kier alpha value is -3.52. The lowest BCUT2D eigenvalue weighted by Crippen LogP contribution is -2.48. The van der Waals surface area contributed by atoms with E-state index in [1.807, 2.05) is 48.5 Å². The van der Waals surface area contributed by atoms with E-state index in [0.29, 0.717) is 17.9 Å². The first kappa shape index (κ1) is 19.4. The van der Waals surface area contributed by atoms with Crippen molar-refractivity contribution in [1.82, 2.24) is 10.5 Å². The summed E-state index contributed by atoms with van der Waals surface area (Å²) in [4.78, 5) is 28.3. The number of anilines is 1. The highest BCUT2D eigenvalue weighted by Crippen LogP contribution is 2.37. The van der Waals surface area contributed by atoms with Crippen LogP contribution in [0.15, 0.2) is 74.7 Å². The summed E-state index contributed by atoms with van der Waals surface area (Å²) in [5.74, 6) is 0.374. The molecular weight excluding hydrogens is 414 g/mol. The maximum atomic E-state index is 13.0. The molecule has 156 valence electrons. The number of amides is 2. The molecule has 8 heteroatoms. The highest BCUT2D eigenvalue weighted by atomic mass is 32.2. The highest BCUT2D eigenvalue weighted by molar-refractivity contribution is 7.99. The van der Waals surface area contributed by atoms with Crippen molar-refractivity contribution >= 4 is 40.2 Å². The van der Waals surface area contributed by atoms with E-state index in [0.717, 1.165) is 27.1 Å². The number of aromatic nitrogens is 1. The van der Waals surface area contributed by atoms with Crippen LogP contribution >= 0.6 is 11.8 Å². The summed E-state index contributed by atoms with van der Waals surface area (Å²) in [6.07, 6.45) is 2.17. The summed E-state index contributed by atoms with van der Waals surface area (Å²) in [6, 6.07) is 16.4. The molecule has 0 radical (unpaired) electrons. The molecule has 2 aromatic heterocycles. The number of hydrogen-bond acceptors (Lipinski definition) is 6. The number of hydrogen-bond donors (Lipinski definition) is 1. The zero-order valence-corrected chi connectivity index (χ0v) is 17.5. The van der Waals surface area contributed by atoms with Crippen molar-refractivity contribution in [3.63, 3.8) is 0 Å². The maximum Gasteiger partial charge on any atom is 0.274 e. The fraction of sp³-hybridized carbons (Fsp3) is 0.174. The third-order valence-electron chi connectivity index (χ3n) is 5.25. The van der Waals surface area contributed by atoms with Crippen LogP contribution < -0.4 is 10.2 Å². The van der Waals surface area contributed by atoms with Gasteiger partial charge in [-0.05, 0) is 23.8 Å². The molecule has 5 rings (SSSR count). The fourth-order valence-electron chi connectivity index (χ4n) is 3.59. The first-order chi connectivity index (χ1) is 15.1. The van der Waals surface area contributed by atoms with Crippen molar-refractivity contribution in [2.24, 2.45) is 0 Å². The number of nitrogens with one attached hydrogen (secondary N) is 1. The minimum atomic E-state index is -0.685. The van der Waals surface area contributed by atoms with Crippen molar-refractivity contribution in [2.45, 2.75) is 17.4 Å². The number of benzene rings is 2. The van der Waals surface area contributed by atoms with Crippen molar-refractivity contribution in [2.75, 3.05) is 17.7 Å². The van der Waals surface area contributed by atoms with Gasteiger partial charge in [0, 0.05) is 35.6 Å². The minimum Gasteiger partial charge on any atom is -0.464 e. The zero-order chi connectivity index (χ0) is 21.4.